The number of anilines is 1. The number of hydrogen-bond donors (Lipinski definition) is 3. The number of carboxylic acids is 1. The average molecular weight is 352 g/mol. The number of aromatic nitrogens is 2. The molecule has 2 aromatic rings. The fourth-order valence-electron chi connectivity index (χ4n) is 2.00. The van der Waals surface area contributed by atoms with E-state index in [9.17, 15) is 19.2 Å². The molecule has 0 saturated heterocycles. The largest absolute Gasteiger partial charge is 0.478 e. The quantitative estimate of drug-likeness (QED) is 0.774. The van der Waals surface area contributed by atoms with Gasteiger partial charge in [-0.3, -0.25) is 19.1 Å². The van der Waals surface area contributed by atoms with Crippen LogP contribution in [0.5, 0.6) is 0 Å². The molecule has 0 unspecified atom stereocenters. The van der Waals surface area contributed by atoms with Crippen LogP contribution in [0.3, 0.4) is 0 Å². The summed E-state index contributed by atoms with van der Waals surface area (Å²) in [5, 5.41) is 11.3. The Balaban J connectivity index is 2.35. The third kappa shape index (κ3) is 3.54. The van der Waals surface area contributed by atoms with Crippen molar-refractivity contribution in [3.05, 3.63) is 61.4 Å². The van der Waals surface area contributed by atoms with E-state index in [2.05, 4.69) is 10.3 Å². The van der Waals surface area contributed by atoms with Gasteiger partial charge < -0.3 is 10.4 Å². The van der Waals surface area contributed by atoms with Crippen LogP contribution in [-0.4, -0.2) is 26.5 Å². The van der Waals surface area contributed by atoms with Gasteiger partial charge in [-0.15, -0.1) is 0 Å². The van der Waals surface area contributed by atoms with E-state index in [1.54, 1.807) is 13.8 Å². The van der Waals surface area contributed by atoms with Crippen molar-refractivity contribution in [3.8, 4) is 0 Å². The number of carboxylic acid groups (broad SMARTS) is 1. The van der Waals surface area contributed by atoms with E-state index in [0.717, 1.165) is 0 Å². The molecule has 2 rings (SSSR count). The highest BCUT2D eigenvalue weighted by molar-refractivity contribution is 6.33. The summed E-state index contributed by atoms with van der Waals surface area (Å²) in [5.41, 5.74) is -1.57. The molecule has 126 valence electrons. The van der Waals surface area contributed by atoms with Gasteiger partial charge in [-0.05, 0) is 32.0 Å². The van der Waals surface area contributed by atoms with E-state index in [1.807, 2.05) is 0 Å². The summed E-state index contributed by atoms with van der Waals surface area (Å²) in [6, 6.07) is 3.60. The molecule has 0 fully saturated rings. The van der Waals surface area contributed by atoms with Gasteiger partial charge in [0.2, 0.25) is 0 Å². The van der Waals surface area contributed by atoms with Crippen molar-refractivity contribution >= 4 is 29.2 Å². The zero-order chi connectivity index (χ0) is 18.0. The van der Waals surface area contributed by atoms with Crippen molar-refractivity contribution in [2.75, 3.05) is 5.32 Å². The number of aromatic carboxylic acids is 1. The molecule has 9 heteroatoms. The van der Waals surface area contributed by atoms with Crippen LogP contribution in [0, 0.1) is 0 Å². The topological polar surface area (TPSA) is 121 Å². The third-order valence-corrected chi connectivity index (χ3v) is 3.54. The summed E-state index contributed by atoms with van der Waals surface area (Å²) < 4.78 is 1.22. The summed E-state index contributed by atoms with van der Waals surface area (Å²) in [4.78, 5) is 48.7. The lowest BCUT2D eigenvalue weighted by atomic mass is 10.2. The van der Waals surface area contributed by atoms with E-state index in [-0.39, 0.29) is 27.9 Å². The summed E-state index contributed by atoms with van der Waals surface area (Å²) in [7, 11) is 0. The van der Waals surface area contributed by atoms with Crippen LogP contribution in [-0.2, 0) is 0 Å². The second-order valence-electron chi connectivity index (χ2n) is 5.26. The Morgan fingerprint density at radius 2 is 1.92 bits per heavy atom. The molecule has 3 N–H and O–H groups in total. The number of carbonyl (C=O) groups excluding carboxylic acids is 1. The van der Waals surface area contributed by atoms with Gasteiger partial charge in [-0.25, -0.2) is 9.59 Å². The van der Waals surface area contributed by atoms with E-state index in [1.165, 1.54) is 29.0 Å². The highest BCUT2D eigenvalue weighted by Gasteiger charge is 2.16. The number of hydrogen-bond acceptors (Lipinski definition) is 4. The number of nitrogens with one attached hydrogen (secondary N) is 2. The fourth-order valence-corrected chi connectivity index (χ4v) is 2.26. The fraction of sp³-hybridized carbons (Fsp3) is 0.200. The molecule has 0 bridgehead atoms. The molecule has 0 aliphatic rings. The first kappa shape index (κ1) is 17.5. The number of benzene rings is 1. The monoisotopic (exact) mass is 351 g/mol. The highest BCUT2D eigenvalue weighted by atomic mass is 35.5. The van der Waals surface area contributed by atoms with E-state index in [0.29, 0.717) is 0 Å². The lowest BCUT2D eigenvalue weighted by Gasteiger charge is -2.11. The number of halogens is 1. The minimum atomic E-state index is -1.20. The summed E-state index contributed by atoms with van der Waals surface area (Å²) >= 11 is 5.83. The van der Waals surface area contributed by atoms with E-state index >= 15 is 0 Å². The summed E-state index contributed by atoms with van der Waals surface area (Å²) in [6.45, 7) is 3.46. The second-order valence-corrected chi connectivity index (χ2v) is 5.66. The standard InChI is InChI=1S/C15H14ClN3O5/c1-7(2)19-6-10(13(21)18-15(19)24)12(20)17-8-3-4-9(14(22)23)11(16)5-8/h3-7H,1-2H3,(H,17,20)(H,22,23)(H,18,21,24). The smallest absolute Gasteiger partial charge is 0.337 e. The Labute approximate surface area is 140 Å². The molecule has 24 heavy (non-hydrogen) atoms. The SMILES string of the molecule is CC(C)n1cc(C(=O)Nc2ccc(C(=O)O)c(Cl)c2)c(=O)[nH]c1=O. The summed E-state index contributed by atoms with van der Waals surface area (Å²) in [6.07, 6.45) is 1.17. The van der Waals surface area contributed by atoms with Gasteiger partial charge in [0.25, 0.3) is 11.5 Å². The maximum Gasteiger partial charge on any atom is 0.337 e. The van der Waals surface area contributed by atoms with Gasteiger partial charge in [0, 0.05) is 17.9 Å². The number of amides is 1. The number of aromatic amines is 1. The van der Waals surface area contributed by atoms with Gasteiger partial charge in [0.05, 0.1) is 10.6 Å². The molecule has 1 aromatic heterocycles. The number of H-pyrrole nitrogens is 1. The van der Waals surface area contributed by atoms with Crippen LogP contribution in [0.15, 0.2) is 34.0 Å². The van der Waals surface area contributed by atoms with Crippen molar-refractivity contribution in [2.45, 2.75) is 19.9 Å². The van der Waals surface area contributed by atoms with Gasteiger partial charge in [0.15, 0.2) is 0 Å². The first-order valence-electron chi connectivity index (χ1n) is 6.90. The van der Waals surface area contributed by atoms with Crippen molar-refractivity contribution in [1.29, 1.82) is 0 Å². The average Bonchev–Trinajstić information content (AvgIpc) is 2.46. The van der Waals surface area contributed by atoms with Gasteiger partial charge in [0.1, 0.15) is 5.56 Å². The van der Waals surface area contributed by atoms with Crippen molar-refractivity contribution in [3.63, 3.8) is 0 Å². The molecule has 0 atom stereocenters. The predicted molar refractivity (Wildman–Crippen MR) is 88.1 cm³/mol. The van der Waals surface area contributed by atoms with Gasteiger partial charge >= 0.3 is 11.7 Å². The Kier molecular flexibility index (Phi) is 4.89. The minimum Gasteiger partial charge on any atom is -0.478 e. The van der Waals surface area contributed by atoms with Gasteiger partial charge in [-0.1, -0.05) is 11.6 Å². The minimum absolute atomic E-state index is 0.0543. The maximum atomic E-state index is 12.2. The molecule has 0 radical (unpaired) electrons. The number of carbonyl (C=O) groups is 2. The Bertz CT molecular complexity index is 929. The molecule has 0 spiro atoms. The predicted octanol–water partition coefficient (Wildman–Crippen LogP) is 1.72. The first-order valence-corrected chi connectivity index (χ1v) is 7.28. The first-order chi connectivity index (χ1) is 11.2. The van der Waals surface area contributed by atoms with E-state index in [4.69, 9.17) is 16.7 Å². The third-order valence-electron chi connectivity index (χ3n) is 3.23. The van der Waals surface area contributed by atoms with Crippen LogP contribution < -0.4 is 16.6 Å². The van der Waals surface area contributed by atoms with Crippen LogP contribution in [0.2, 0.25) is 5.02 Å². The molecule has 1 heterocycles. The lowest BCUT2D eigenvalue weighted by molar-refractivity contribution is 0.0697. The zero-order valence-electron chi connectivity index (χ0n) is 12.8. The molecular weight excluding hydrogens is 338 g/mol. The lowest BCUT2D eigenvalue weighted by Crippen LogP contribution is -2.35. The molecular formula is C15H14ClN3O5. The van der Waals surface area contributed by atoms with Crippen LogP contribution >= 0.6 is 11.6 Å². The molecule has 1 amide bonds. The Morgan fingerprint density at radius 3 is 2.46 bits per heavy atom. The van der Waals surface area contributed by atoms with Crippen molar-refractivity contribution < 1.29 is 14.7 Å². The normalized spacial score (nSPS) is 10.7. The van der Waals surface area contributed by atoms with Crippen LogP contribution in [0.25, 0.3) is 0 Å². The van der Waals surface area contributed by atoms with Crippen LogP contribution in [0.4, 0.5) is 5.69 Å². The zero-order valence-corrected chi connectivity index (χ0v) is 13.5. The van der Waals surface area contributed by atoms with Crippen LogP contribution in [0.1, 0.15) is 40.6 Å². The molecule has 0 aliphatic heterocycles. The Morgan fingerprint density at radius 1 is 1.25 bits per heavy atom. The highest BCUT2D eigenvalue weighted by Crippen LogP contribution is 2.21. The number of nitrogens with zero attached hydrogens (tertiary/aromatic N) is 1. The molecule has 1 aromatic carbocycles. The molecule has 0 aliphatic carbocycles. The summed E-state index contributed by atoms with van der Waals surface area (Å²) in [5.74, 6) is -1.94. The number of rotatable bonds is 4. The van der Waals surface area contributed by atoms with Crippen molar-refractivity contribution in [2.24, 2.45) is 0 Å². The maximum absolute atomic E-state index is 12.2. The second kappa shape index (κ2) is 6.71. The molecule has 0 saturated carbocycles. The van der Waals surface area contributed by atoms with Crippen molar-refractivity contribution in [1.82, 2.24) is 9.55 Å². The molecule has 8 nitrogen and oxygen atoms in total. The van der Waals surface area contributed by atoms with E-state index < -0.39 is 23.1 Å². The van der Waals surface area contributed by atoms with Gasteiger partial charge in [-0.2, -0.15) is 0 Å². The Hall–Kier alpha value is -2.87.